The van der Waals surface area contributed by atoms with Gasteiger partial charge in [-0.2, -0.15) is 8.42 Å². The van der Waals surface area contributed by atoms with E-state index >= 15 is 0 Å². The van der Waals surface area contributed by atoms with E-state index in [-0.39, 0.29) is 20.8 Å². The quantitative estimate of drug-likeness (QED) is 0.436. The van der Waals surface area contributed by atoms with E-state index < -0.39 is 10.0 Å². The molecule has 0 saturated heterocycles. The first-order valence-corrected chi connectivity index (χ1v) is 14.4. The van der Waals surface area contributed by atoms with Crippen LogP contribution in [0.1, 0.15) is 60.0 Å². The third-order valence-corrected chi connectivity index (χ3v) is 10.6. The van der Waals surface area contributed by atoms with Gasteiger partial charge in [-0.1, -0.05) is 41.7 Å². The molecule has 0 aliphatic heterocycles. The van der Waals surface area contributed by atoms with Crippen LogP contribution in [0.5, 0.6) is 0 Å². The summed E-state index contributed by atoms with van der Waals surface area (Å²) < 4.78 is 28.2. The number of benzene rings is 2. The second-order valence-electron chi connectivity index (χ2n) is 10.5. The van der Waals surface area contributed by atoms with Crippen LogP contribution in [0.4, 0.5) is 10.8 Å². The van der Waals surface area contributed by atoms with Gasteiger partial charge in [0, 0.05) is 11.3 Å². The summed E-state index contributed by atoms with van der Waals surface area (Å²) in [5, 5.41) is 10.4. The molecule has 4 fully saturated rings. The number of rotatable bonds is 6. The molecular formula is C26H28N4O3S2. The van der Waals surface area contributed by atoms with Crippen molar-refractivity contribution in [3.63, 3.8) is 0 Å². The van der Waals surface area contributed by atoms with E-state index in [9.17, 15) is 13.2 Å². The van der Waals surface area contributed by atoms with Crippen molar-refractivity contribution in [1.82, 2.24) is 10.2 Å². The van der Waals surface area contributed by atoms with Gasteiger partial charge in [-0.25, -0.2) is 0 Å². The summed E-state index contributed by atoms with van der Waals surface area (Å²) in [7, 11) is -3.92. The molecule has 9 heteroatoms. The van der Waals surface area contributed by atoms with Gasteiger partial charge in [0.1, 0.15) is 0 Å². The highest BCUT2D eigenvalue weighted by Crippen LogP contribution is 2.60. The number of sulfonamides is 1. The smallest absolute Gasteiger partial charge is 0.291 e. The van der Waals surface area contributed by atoms with E-state index in [4.69, 9.17) is 0 Å². The molecule has 0 spiro atoms. The van der Waals surface area contributed by atoms with E-state index in [1.807, 2.05) is 31.2 Å². The number of anilines is 2. The minimum Gasteiger partial charge on any atom is -0.296 e. The monoisotopic (exact) mass is 508 g/mol. The molecule has 0 radical (unpaired) electrons. The number of nitrogens with zero attached hydrogens (tertiary/aromatic N) is 2. The van der Waals surface area contributed by atoms with Gasteiger partial charge in [0.25, 0.3) is 20.3 Å². The number of hydrogen-bond donors (Lipinski definition) is 2. The molecule has 0 atom stereocenters. The zero-order valence-electron chi connectivity index (χ0n) is 19.5. The summed E-state index contributed by atoms with van der Waals surface area (Å²) in [6, 6.07) is 15.1. The van der Waals surface area contributed by atoms with Crippen LogP contribution in [0, 0.1) is 24.7 Å². The lowest BCUT2D eigenvalue weighted by atomic mass is 9.48. The zero-order valence-corrected chi connectivity index (χ0v) is 21.2. The average molecular weight is 509 g/mol. The van der Waals surface area contributed by atoms with Gasteiger partial charge in [-0.15, -0.1) is 10.2 Å². The highest BCUT2D eigenvalue weighted by atomic mass is 32.2. The number of nitrogens with one attached hydrogen (secondary N) is 2. The van der Waals surface area contributed by atoms with Gasteiger partial charge in [-0.05, 0) is 97.9 Å². The third kappa shape index (κ3) is 4.25. The molecular weight excluding hydrogens is 480 g/mol. The molecule has 7 nitrogen and oxygen atoms in total. The van der Waals surface area contributed by atoms with Crippen molar-refractivity contribution in [1.29, 1.82) is 0 Å². The Hall–Kier alpha value is -2.78. The Balaban J connectivity index is 1.15. The molecule has 1 amide bonds. The van der Waals surface area contributed by atoms with E-state index in [2.05, 4.69) is 32.4 Å². The zero-order chi connectivity index (χ0) is 24.2. The fourth-order valence-corrected chi connectivity index (χ4v) is 8.87. The standard InChI is InChI=1S/C26H28N4O3S2/c1-16-4-2-3-5-22(16)23(31)27-24-28-29-25(34-24)35(32,33)30-21-8-6-20(7-9-21)26-13-17-10-18(14-26)12-19(11-17)15-26/h2-9,17-19,30H,10-15H2,1H3,(H,27,28,31). The molecule has 1 heterocycles. The summed E-state index contributed by atoms with van der Waals surface area (Å²) in [6.07, 6.45) is 7.99. The Morgan fingerprint density at radius 1 is 0.943 bits per heavy atom. The first kappa shape index (κ1) is 22.7. The van der Waals surface area contributed by atoms with Crippen LogP contribution in [-0.2, 0) is 15.4 Å². The van der Waals surface area contributed by atoms with Crippen molar-refractivity contribution in [3.05, 3.63) is 65.2 Å². The summed E-state index contributed by atoms with van der Waals surface area (Å²) in [4.78, 5) is 12.5. The number of carbonyl (C=O) groups excluding carboxylic acids is 1. The van der Waals surface area contributed by atoms with Crippen LogP contribution in [-0.4, -0.2) is 24.5 Å². The molecule has 3 aromatic rings. The van der Waals surface area contributed by atoms with Crippen molar-refractivity contribution < 1.29 is 13.2 Å². The summed E-state index contributed by atoms with van der Waals surface area (Å²) in [6.45, 7) is 1.84. The molecule has 2 N–H and O–H groups in total. The van der Waals surface area contributed by atoms with Crippen molar-refractivity contribution in [2.45, 2.75) is 55.2 Å². The van der Waals surface area contributed by atoms with E-state index in [1.165, 1.54) is 44.1 Å². The maximum Gasteiger partial charge on any atom is 0.291 e. The summed E-state index contributed by atoms with van der Waals surface area (Å²) >= 11 is 0.825. The van der Waals surface area contributed by atoms with Crippen LogP contribution >= 0.6 is 11.3 Å². The maximum absolute atomic E-state index is 12.9. The van der Waals surface area contributed by atoms with Crippen LogP contribution in [0.15, 0.2) is 52.9 Å². The number of aromatic nitrogens is 2. The Morgan fingerprint density at radius 3 is 2.20 bits per heavy atom. The second kappa shape index (κ2) is 8.41. The molecule has 7 rings (SSSR count). The third-order valence-electron chi connectivity index (χ3n) is 8.03. The lowest BCUT2D eigenvalue weighted by molar-refractivity contribution is -0.00518. The van der Waals surface area contributed by atoms with Crippen molar-refractivity contribution in [2.75, 3.05) is 10.0 Å². The molecule has 4 bridgehead atoms. The van der Waals surface area contributed by atoms with Crippen LogP contribution < -0.4 is 10.0 Å². The SMILES string of the molecule is Cc1ccccc1C(=O)Nc1nnc(S(=O)(=O)Nc2ccc(C34CC5CC(CC(C5)C3)C4)cc2)s1. The Morgan fingerprint density at radius 2 is 1.57 bits per heavy atom. The predicted molar refractivity (Wildman–Crippen MR) is 136 cm³/mol. The lowest BCUT2D eigenvalue weighted by Gasteiger charge is -2.57. The van der Waals surface area contributed by atoms with E-state index in [1.54, 1.807) is 12.1 Å². The Bertz CT molecular complexity index is 1350. The maximum atomic E-state index is 12.9. The molecule has 2 aromatic carbocycles. The van der Waals surface area contributed by atoms with Crippen molar-refractivity contribution in [2.24, 2.45) is 17.8 Å². The van der Waals surface area contributed by atoms with Gasteiger partial charge in [0.05, 0.1) is 0 Å². The summed E-state index contributed by atoms with van der Waals surface area (Å²) in [5.41, 5.74) is 3.44. The average Bonchev–Trinajstić information content (AvgIpc) is 3.28. The van der Waals surface area contributed by atoms with Crippen LogP contribution in [0.25, 0.3) is 0 Å². The number of aryl methyl sites for hydroxylation is 1. The number of hydrogen-bond acceptors (Lipinski definition) is 6. The second-order valence-corrected chi connectivity index (χ2v) is 13.4. The molecule has 4 saturated carbocycles. The molecule has 182 valence electrons. The largest absolute Gasteiger partial charge is 0.296 e. The number of amides is 1. The Kier molecular flexibility index (Phi) is 5.45. The van der Waals surface area contributed by atoms with E-state index in [0.717, 1.165) is 34.7 Å². The predicted octanol–water partition coefficient (Wildman–Crippen LogP) is 5.37. The molecule has 1 aromatic heterocycles. The summed E-state index contributed by atoms with van der Waals surface area (Å²) in [5.74, 6) is 2.23. The minimum atomic E-state index is -3.92. The molecule has 0 unspecified atom stereocenters. The first-order valence-electron chi connectivity index (χ1n) is 12.1. The van der Waals surface area contributed by atoms with Gasteiger partial charge in [0.2, 0.25) is 5.13 Å². The fraction of sp³-hybridized carbons (Fsp3) is 0.423. The van der Waals surface area contributed by atoms with Crippen LogP contribution in [0.3, 0.4) is 0 Å². The van der Waals surface area contributed by atoms with Gasteiger partial charge in [0.15, 0.2) is 0 Å². The van der Waals surface area contributed by atoms with Gasteiger partial charge in [-0.3, -0.25) is 14.8 Å². The number of carbonyl (C=O) groups is 1. The fourth-order valence-electron chi connectivity index (χ4n) is 6.92. The molecule has 4 aliphatic carbocycles. The minimum absolute atomic E-state index is 0.135. The van der Waals surface area contributed by atoms with Crippen molar-refractivity contribution >= 4 is 38.1 Å². The highest BCUT2D eigenvalue weighted by molar-refractivity contribution is 7.94. The topological polar surface area (TPSA) is 101 Å². The van der Waals surface area contributed by atoms with Crippen molar-refractivity contribution in [3.8, 4) is 0 Å². The first-order chi connectivity index (χ1) is 16.8. The molecule has 4 aliphatic rings. The van der Waals surface area contributed by atoms with Gasteiger partial charge >= 0.3 is 0 Å². The highest BCUT2D eigenvalue weighted by Gasteiger charge is 2.51. The van der Waals surface area contributed by atoms with Gasteiger partial charge < -0.3 is 0 Å². The van der Waals surface area contributed by atoms with E-state index in [0.29, 0.717) is 11.3 Å². The molecule has 35 heavy (non-hydrogen) atoms. The lowest BCUT2D eigenvalue weighted by Crippen LogP contribution is -2.48. The normalized spacial score (nSPS) is 27.1. The Labute approximate surface area is 209 Å². The van der Waals surface area contributed by atoms with Crippen LogP contribution in [0.2, 0.25) is 0 Å².